The van der Waals surface area contributed by atoms with Gasteiger partial charge in [-0.25, -0.2) is 17.7 Å². The van der Waals surface area contributed by atoms with E-state index < -0.39 is 0 Å². The van der Waals surface area contributed by atoms with Crippen molar-refractivity contribution in [2.24, 2.45) is 5.92 Å². The molecule has 1 heteroatoms. The van der Waals surface area contributed by atoms with Gasteiger partial charge in [0, 0.05) is 25.8 Å². The van der Waals surface area contributed by atoms with E-state index in [4.69, 9.17) is 0 Å². The van der Waals surface area contributed by atoms with Gasteiger partial charge in [0.25, 0.3) is 0 Å². The molecule has 3 aromatic rings. The fourth-order valence-electron chi connectivity index (χ4n) is 2.93. The molecule has 1 unspecified atom stereocenters. The van der Waals surface area contributed by atoms with Crippen LogP contribution in [0.15, 0.2) is 66.7 Å². The van der Waals surface area contributed by atoms with Gasteiger partial charge in [-0.1, -0.05) is 56.5 Å². The number of allylic oxidation sites excluding steroid dienone is 2. The van der Waals surface area contributed by atoms with Crippen LogP contribution in [-0.2, 0) is 32.3 Å². The molecule has 0 spiro atoms. The van der Waals surface area contributed by atoms with E-state index in [2.05, 4.69) is 56.3 Å². The molecule has 0 heterocycles. The van der Waals surface area contributed by atoms with Gasteiger partial charge in [0.15, 0.2) is 0 Å². The van der Waals surface area contributed by atoms with E-state index >= 15 is 0 Å². The summed E-state index contributed by atoms with van der Waals surface area (Å²) in [4.78, 5) is 0. The van der Waals surface area contributed by atoms with Crippen LogP contribution >= 0.6 is 0 Å². The molecule has 156 valence electrons. The van der Waals surface area contributed by atoms with Crippen molar-refractivity contribution in [2.75, 3.05) is 0 Å². The van der Waals surface area contributed by atoms with E-state index in [9.17, 15) is 0 Å². The second-order valence-electron chi connectivity index (χ2n) is 5.90. The van der Waals surface area contributed by atoms with E-state index in [0.29, 0.717) is 5.92 Å². The molecule has 4 rings (SSSR count). The molecule has 1 aliphatic carbocycles. The summed E-state index contributed by atoms with van der Waals surface area (Å²) >= 11 is 0. The first-order valence-electron chi connectivity index (χ1n) is 8.09. The third kappa shape index (κ3) is 7.95. The molecule has 0 saturated carbocycles. The molecule has 0 fully saturated rings. The smallest absolute Gasteiger partial charge is 0 e. The second-order valence-corrected chi connectivity index (χ2v) is 5.90. The Morgan fingerprint density at radius 2 is 1.43 bits per heavy atom. The molecule has 0 saturated heterocycles. The van der Waals surface area contributed by atoms with Crippen molar-refractivity contribution in [1.82, 2.24) is 0 Å². The molecule has 0 nitrogen and oxygen atoms in total. The van der Waals surface area contributed by atoms with Crippen molar-refractivity contribution in [3.05, 3.63) is 121 Å². The SMILES string of the molecule is CCC(C)C1=[C-]Cc2cc3ccccc3cc21.[CH3-].[CH3-].[CH3-].[CH3-].[CH3-].[Hf].c1cc[cH-]c1. The summed E-state index contributed by atoms with van der Waals surface area (Å²) in [5.41, 5.74) is 4.30. The molecule has 0 radical (unpaired) electrons. The molecule has 0 aromatic heterocycles. The number of rotatable bonds is 2. The average Bonchev–Trinajstić information content (AvgIpc) is 3.24. The summed E-state index contributed by atoms with van der Waals surface area (Å²) in [6.07, 6.45) is 5.74. The third-order valence-corrected chi connectivity index (χ3v) is 4.39. The monoisotopic (exact) mass is 541 g/mol. The maximum atomic E-state index is 3.56. The Kier molecular flexibility index (Phi) is 20.3. The normalized spacial score (nSPS) is 11.0. The Morgan fingerprint density at radius 3 is 1.89 bits per heavy atom. The van der Waals surface area contributed by atoms with Crippen LogP contribution in [0.5, 0.6) is 0 Å². The Morgan fingerprint density at radius 1 is 0.893 bits per heavy atom. The van der Waals surface area contributed by atoms with Gasteiger partial charge in [0.05, 0.1) is 0 Å². The largest absolute Gasteiger partial charge is 0.358 e. The van der Waals surface area contributed by atoms with E-state index in [1.54, 1.807) is 0 Å². The minimum absolute atomic E-state index is 0. The topological polar surface area (TPSA) is 0 Å². The molecule has 0 amide bonds. The van der Waals surface area contributed by atoms with E-state index in [1.807, 2.05) is 30.3 Å². The summed E-state index contributed by atoms with van der Waals surface area (Å²) in [7, 11) is 0. The van der Waals surface area contributed by atoms with Crippen LogP contribution in [0, 0.1) is 49.1 Å². The van der Waals surface area contributed by atoms with Crippen LogP contribution in [0.2, 0.25) is 0 Å². The van der Waals surface area contributed by atoms with Gasteiger partial charge in [-0.05, 0) is 10.8 Å². The summed E-state index contributed by atoms with van der Waals surface area (Å²) in [5, 5.41) is 2.69. The summed E-state index contributed by atoms with van der Waals surface area (Å²) in [5.74, 6) is 0.623. The van der Waals surface area contributed by atoms with Crippen LogP contribution in [0.1, 0.15) is 31.4 Å². The van der Waals surface area contributed by atoms with Crippen molar-refractivity contribution >= 4 is 16.3 Å². The number of fused-ring (bicyclic) bond motifs is 2. The van der Waals surface area contributed by atoms with Crippen molar-refractivity contribution in [3.63, 3.8) is 0 Å². The van der Waals surface area contributed by atoms with Gasteiger partial charge < -0.3 is 37.1 Å². The van der Waals surface area contributed by atoms with Crippen molar-refractivity contribution in [3.8, 4) is 0 Å². The zero-order chi connectivity index (χ0) is 15.4. The van der Waals surface area contributed by atoms with Gasteiger partial charge >= 0.3 is 0 Å². The van der Waals surface area contributed by atoms with E-state index in [1.165, 1.54) is 33.9 Å². The zero-order valence-electron chi connectivity index (χ0n) is 18.8. The van der Waals surface area contributed by atoms with Crippen molar-refractivity contribution < 1.29 is 25.8 Å². The van der Waals surface area contributed by atoms with Gasteiger partial charge in [-0.3, -0.25) is 6.08 Å². The van der Waals surface area contributed by atoms with Crippen LogP contribution in [0.3, 0.4) is 0 Å². The molecule has 3 aromatic carbocycles. The second kappa shape index (κ2) is 16.6. The molecule has 0 N–H and O–H groups in total. The number of benzene rings is 2. The minimum Gasteiger partial charge on any atom is -0.358 e. The molecule has 28 heavy (non-hydrogen) atoms. The molecule has 0 bridgehead atoms. The van der Waals surface area contributed by atoms with Crippen LogP contribution in [0.4, 0.5) is 0 Å². The van der Waals surface area contributed by atoms with Gasteiger partial charge in [-0.15, -0.1) is 18.1 Å². The van der Waals surface area contributed by atoms with Gasteiger partial charge in [0.1, 0.15) is 0 Å². The maximum Gasteiger partial charge on any atom is 0 e. The van der Waals surface area contributed by atoms with Crippen molar-refractivity contribution in [2.45, 2.75) is 26.7 Å². The first kappa shape index (κ1) is 34.2. The predicted octanol–water partition coefficient (Wildman–Crippen LogP) is 8.28. The molecule has 1 atom stereocenters. The van der Waals surface area contributed by atoms with E-state index in [0.717, 1.165) is 6.42 Å². The summed E-state index contributed by atoms with van der Waals surface area (Å²) < 4.78 is 0. The van der Waals surface area contributed by atoms with Crippen LogP contribution in [-0.4, -0.2) is 0 Å². The predicted molar refractivity (Wildman–Crippen MR) is 128 cm³/mol. The fraction of sp³-hybridized carbons (Fsp3) is 0.185. The average molecular weight is 540 g/mol. The Hall–Kier alpha value is -1.34. The van der Waals surface area contributed by atoms with Crippen LogP contribution in [0.25, 0.3) is 16.3 Å². The molecule has 0 aliphatic heterocycles. The molecule has 1 aliphatic rings. The quantitative estimate of drug-likeness (QED) is 0.227. The Bertz CT molecular complexity index is 749. The van der Waals surface area contributed by atoms with Crippen molar-refractivity contribution in [1.29, 1.82) is 0 Å². The number of hydrogen-bond donors (Lipinski definition) is 0. The Labute approximate surface area is 195 Å². The number of hydrogen-bond acceptors (Lipinski definition) is 0. The molecular formula is C27H37Hf-7. The first-order chi connectivity index (χ1) is 10.8. The van der Waals surface area contributed by atoms with Gasteiger partial charge in [-0.2, -0.15) is 23.8 Å². The summed E-state index contributed by atoms with van der Waals surface area (Å²) in [6.45, 7) is 4.55. The van der Waals surface area contributed by atoms with Gasteiger partial charge in [0.2, 0.25) is 0 Å². The Balaban J connectivity index is -0.000000233. The fourth-order valence-corrected chi connectivity index (χ4v) is 2.93. The maximum absolute atomic E-state index is 3.56. The third-order valence-electron chi connectivity index (χ3n) is 4.39. The first-order valence-corrected chi connectivity index (χ1v) is 8.09. The minimum atomic E-state index is 0. The van der Waals surface area contributed by atoms with Crippen LogP contribution < -0.4 is 0 Å². The molecular weight excluding hydrogens is 503 g/mol. The zero-order valence-corrected chi connectivity index (χ0v) is 22.4. The summed E-state index contributed by atoms with van der Waals surface area (Å²) in [6, 6.07) is 23.3. The van der Waals surface area contributed by atoms with E-state index in [-0.39, 0.29) is 63.0 Å². The standard InChI is InChI=1S/C17H17.C5H5.5CH3.Hf/c1-3-12(2)16-9-8-15-10-13-6-4-5-7-14(13)11-17(15)16;1-2-4-5-3-1;;;;;;/h4-7,10-12H,3,8H2,1-2H3;1-5H;5*1H3;/q7*-1;.